The zero-order valence-corrected chi connectivity index (χ0v) is 22.7. The van der Waals surface area contributed by atoms with Gasteiger partial charge in [0.2, 0.25) is 21.8 Å². The van der Waals surface area contributed by atoms with Gasteiger partial charge < -0.3 is 15.0 Å². The second-order valence-corrected chi connectivity index (χ2v) is 10.9. The maximum Gasteiger partial charge on any atom is 0.271 e. The summed E-state index contributed by atoms with van der Waals surface area (Å²) in [6.07, 6.45) is 1.18. The molecule has 2 amide bonds. The molecule has 0 saturated carbocycles. The van der Waals surface area contributed by atoms with Gasteiger partial charge in [-0.2, -0.15) is 0 Å². The zero-order chi connectivity index (χ0) is 27.9. The van der Waals surface area contributed by atoms with Crippen molar-refractivity contribution in [2.45, 2.75) is 52.7 Å². The molecule has 202 valence electrons. The van der Waals surface area contributed by atoms with Gasteiger partial charge in [-0.1, -0.05) is 36.8 Å². The highest BCUT2D eigenvalue weighted by molar-refractivity contribution is 7.92. The van der Waals surface area contributed by atoms with E-state index in [-0.39, 0.29) is 42.0 Å². The van der Waals surface area contributed by atoms with Crippen LogP contribution in [0.1, 0.15) is 38.3 Å². The molecule has 0 spiro atoms. The van der Waals surface area contributed by atoms with Crippen molar-refractivity contribution in [3.8, 4) is 5.75 Å². The number of ether oxygens (including phenoxy) is 1. The summed E-state index contributed by atoms with van der Waals surface area (Å²) in [6, 6.07) is 9.88. The minimum atomic E-state index is -4.09. The van der Waals surface area contributed by atoms with Crippen LogP contribution >= 0.6 is 0 Å². The summed E-state index contributed by atoms with van der Waals surface area (Å²) < 4.78 is 31.6. The standard InChI is InChI=1S/C25H34N4O7S/c1-7-21(25(31)26-17(2)3)27(15-19-10-8-9-18(4)13-19)24(30)16-28(37(6,34)35)22-14-20(29(32)33)11-12-23(22)36-5/h8-14,17,21H,7,15-16H2,1-6H3,(H,26,31)/t21-/m0/s1. The number of amides is 2. The van der Waals surface area contributed by atoms with Gasteiger partial charge in [-0.25, -0.2) is 8.42 Å². The van der Waals surface area contributed by atoms with Crippen LogP contribution in [0.4, 0.5) is 11.4 Å². The number of benzene rings is 2. The summed E-state index contributed by atoms with van der Waals surface area (Å²) in [6.45, 7) is 6.65. The van der Waals surface area contributed by atoms with Gasteiger partial charge in [-0.05, 0) is 38.8 Å². The van der Waals surface area contributed by atoms with Gasteiger partial charge in [0.05, 0.1) is 18.3 Å². The molecular formula is C25H34N4O7S. The molecule has 12 heteroatoms. The topological polar surface area (TPSA) is 139 Å². The van der Waals surface area contributed by atoms with Crippen LogP contribution in [0.15, 0.2) is 42.5 Å². The van der Waals surface area contributed by atoms with E-state index in [0.29, 0.717) is 0 Å². The van der Waals surface area contributed by atoms with E-state index in [4.69, 9.17) is 4.74 Å². The van der Waals surface area contributed by atoms with Gasteiger partial charge in [0.15, 0.2) is 0 Å². The van der Waals surface area contributed by atoms with Gasteiger partial charge in [0, 0.05) is 24.7 Å². The Balaban J connectivity index is 2.57. The predicted octanol–water partition coefficient (Wildman–Crippen LogP) is 3.01. The minimum Gasteiger partial charge on any atom is -0.495 e. The average molecular weight is 535 g/mol. The fourth-order valence-corrected chi connectivity index (χ4v) is 4.73. The van der Waals surface area contributed by atoms with Crippen molar-refractivity contribution in [1.29, 1.82) is 0 Å². The Morgan fingerprint density at radius 3 is 2.35 bits per heavy atom. The molecule has 0 radical (unpaired) electrons. The molecule has 0 saturated heterocycles. The number of non-ortho nitro benzene ring substituents is 1. The number of sulfonamides is 1. The molecule has 0 aliphatic carbocycles. The van der Waals surface area contributed by atoms with Gasteiger partial charge >= 0.3 is 0 Å². The first kappa shape index (κ1) is 29.6. The number of hydrogen-bond donors (Lipinski definition) is 1. The molecule has 0 aromatic heterocycles. The molecule has 0 heterocycles. The zero-order valence-electron chi connectivity index (χ0n) is 21.9. The van der Waals surface area contributed by atoms with Crippen LogP contribution in [0.25, 0.3) is 0 Å². The summed E-state index contributed by atoms with van der Waals surface area (Å²) in [4.78, 5) is 38.8. The quantitative estimate of drug-likeness (QED) is 0.326. The van der Waals surface area contributed by atoms with E-state index in [1.165, 1.54) is 24.1 Å². The van der Waals surface area contributed by atoms with Crippen molar-refractivity contribution in [2.75, 3.05) is 24.2 Å². The fourth-order valence-electron chi connectivity index (χ4n) is 3.89. The Morgan fingerprint density at radius 2 is 1.84 bits per heavy atom. The SMILES string of the molecule is CC[C@@H](C(=O)NC(C)C)N(Cc1cccc(C)c1)C(=O)CN(c1cc([N+](=O)[O-])ccc1OC)S(C)(=O)=O. The number of nitro benzene ring substituents is 1. The monoisotopic (exact) mass is 534 g/mol. The number of anilines is 1. The average Bonchev–Trinajstić information content (AvgIpc) is 2.80. The van der Waals surface area contributed by atoms with Crippen LogP contribution in [0.3, 0.4) is 0 Å². The van der Waals surface area contributed by atoms with Gasteiger partial charge in [-0.3, -0.25) is 24.0 Å². The van der Waals surface area contributed by atoms with Crippen LogP contribution in [-0.4, -0.2) is 62.0 Å². The number of carbonyl (C=O) groups excluding carboxylic acids is 2. The number of nitro groups is 1. The van der Waals surface area contributed by atoms with Gasteiger partial charge in [0.25, 0.3) is 5.69 Å². The lowest BCUT2D eigenvalue weighted by Crippen LogP contribution is -2.53. The molecule has 0 bridgehead atoms. The molecule has 2 aromatic carbocycles. The van der Waals surface area contributed by atoms with E-state index >= 15 is 0 Å². The maximum atomic E-state index is 13.7. The van der Waals surface area contributed by atoms with E-state index in [1.807, 2.05) is 31.2 Å². The third-order valence-corrected chi connectivity index (χ3v) is 6.70. The van der Waals surface area contributed by atoms with Crippen molar-refractivity contribution in [2.24, 2.45) is 0 Å². The largest absolute Gasteiger partial charge is 0.495 e. The maximum absolute atomic E-state index is 13.7. The summed E-state index contributed by atoms with van der Waals surface area (Å²) in [7, 11) is -2.80. The van der Waals surface area contributed by atoms with Crippen molar-refractivity contribution >= 4 is 33.2 Å². The fraction of sp³-hybridized carbons (Fsp3) is 0.440. The number of nitrogens with one attached hydrogen (secondary N) is 1. The van der Waals surface area contributed by atoms with E-state index in [1.54, 1.807) is 20.8 Å². The van der Waals surface area contributed by atoms with Crippen molar-refractivity contribution in [3.05, 3.63) is 63.7 Å². The van der Waals surface area contributed by atoms with Crippen LogP contribution in [0, 0.1) is 17.0 Å². The lowest BCUT2D eigenvalue weighted by molar-refractivity contribution is -0.384. The van der Waals surface area contributed by atoms with E-state index in [2.05, 4.69) is 5.32 Å². The third-order valence-electron chi connectivity index (χ3n) is 5.57. The van der Waals surface area contributed by atoms with Crippen LogP contribution in [0.5, 0.6) is 5.75 Å². The third kappa shape index (κ3) is 7.91. The molecule has 2 rings (SSSR count). The number of hydrogen-bond acceptors (Lipinski definition) is 7. The normalized spacial score (nSPS) is 12.1. The number of methoxy groups -OCH3 is 1. The Hall–Kier alpha value is -3.67. The smallest absolute Gasteiger partial charge is 0.271 e. The van der Waals surface area contributed by atoms with Crippen molar-refractivity contribution < 1.29 is 27.7 Å². The summed E-state index contributed by atoms with van der Waals surface area (Å²) in [5.74, 6) is -0.970. The van der Waals surface area contributed by atoms with Crippen molar-refractivity contribution in [1.82, 2.24) is 10.2 Å². The van der Waals surface area contributed by atoms with E-state index in [9.17, 15) is 28.1 Å². The predicted molar refractivity (Wildman–Crippen MR) is 141 cm³/mol. The molecule has 0 unspecified atom stereocenters. The second-order valence-electron chi connectivity index (χ2n) is 8.98. The van der Waals surface area contributed by atoms with E-state index in [0.717, 1.165) is 27.8 Å². The number of carbonyl (C=O) groups is 2. The molecule has 37 heavy (non-hydrogen) atoms. The lowest BCUT2D eigenvalue weighted by Gasteiger charge is -2.33. The first-order valence-corrected chi connectivity index (χ1v) is 13.6. The number of nitrogens with zero attached hydrogens (tertiary/aromatic N) is 3. The summed E-state index contributed by atoms with van der Waals surface area (Å²) >= 11 is 0. The second kappa shape index (κ2) is 12.5. The highest BCUT2D eigenvalue weighted by Crippen LogP contribution is 2.34. The molecule has 2 aromatic rings. The molecule has 0 aliphatic rings. The molecule has 0 fully saturated rings. The highest BCUT2D eigenvalue weighted by atomic mass is 32.2. The summed E-state index contributed by atoms with van der Waals surface area (Å²) in [5.41, 5.74) is 1.21. The Labute approximate surface area is 217 Å². The minimum absolute atomic E-state index is 0.0404. The number of aryl methyl sites for hydroxylation is 1. The molecule has 11 nitrogen and oxygen atoms in total. The highest BCUT2D eigenvalue weighted by Gasteiger charge is 2.33. The molecule has 0 aliphatic heterocycles. The van der Waals surface area contributed by atoms with Gasteiger partial charge in [-0.15, -0.1) is 0 Å². The first-order chi connectivity index (χ1) is 17.3. The first-order valence-electron chi connectivity index (χ1n) is 11.7. The van der Waals surface area contributed by atoms with E-state index < -0.39 is 33.4 Å². The Morgan fingerprint density at radius 1 is 1.16 bits per heavy atom. The van der Waals surface area contributed by atoms with Crippen LogP contribution in [0.2, 0.25) is 0 Å². The Bertz CT molecular complexity index is 1250. The van der Waals surface area contributed by atoms with Crippen LogP contribution < -0.4 is 14.4 Å². The molecule has 1 atom stereocenters. The lowest BCUT2D eigenvalue weighted by atomic mass is 10.1. The van der Waals surface area contributed by atoms with Crippen molar-refractivity contribution in [3.63, 3.8) is 0 Å². The van der Waals surface area contributed by atoms with Gasteiger partial charge in [0.1, 0.15) is 24.0 Å². The Kier molecular flexibility index (Phi) is 10.0. The summed E-state index contributed by atoms with van der Waals surface area (Å²) in [5, 5.41) is 14.2. The molecular weight excluding hydrogens is 500 g/mol. The molecule has 1 N–H and O–H groups in total. The number of rotatable bonds is 12. The van der Waals surface area contributed by atoms with Crippen LogP contribution in [-0.2, 0) is 26.2 Å².